The summed E-state index contributed by atoms with van der Waals surface area (Å²) in [6, 6.07) is 5.36. The van der Waals surface area contributed by atoms with E-state index in [4.69, 9.17) is 10.2 Å². The van der Waals surface area contributed by atoms with E-state index in [0.717, 1.165) is 0 Å². The highest BCUT2D eigenvalue weighted by atomic mass is 16.4. The van der Waals surface area contributed by atoms with E-state index in [2.05, 4.69) is 13.8 Å². The van der Waals surface area contributed by atoms with Gasteiger partial charge in [0, 0.05) is 0 Å². The minimum absolute atomic E-state index is 0.0741. The summed E-state index contributed by atoms with van der Waals surface area (Å²) in [6.45, 7) is 4.36. The van der Waals surface area contributed by atoms with E-state index in [9.17, 15) is 4.79 Å². The van der Waals surface area contributed by atoms with Crippen LogP contribution in [0.4, 0.5) is 0 Å². The maximum Gasteiger partial charge on any atom is 0.335 e. The van der Waals surface area contributed by atoms with Gasteiger partial charge in [-0.15, -0.1) is 0 Å². The molecule has 0 amide bonds. The topological polar surface area (TPSA) is 57.5 Å². The predicted octanol–water partition coefficient (Wildman–Crippen LogP) is 2.90. The van der Waals surface area contributed by atoms with E-state index in [-0.39, 0.29) is 11.3 Å². The van der Waals surface area contributed by atoms with Crippen molar-refractivity contribution in [3.63, 3.8) is 0 Å². The highest BCUT2D eigenvalue weighted by Crippen LogP contribution is 2.08. The van der Waals surface area contributed by atoms with Crippen molar-refractivity contribution in [3.05, 3.63) is 29.8 Å². The second-order valence-electron chi connectivity index (χ2n) is 2.85. The van der Waals surface area contributed by atoms with Crippen LogP contribution in [0.15, 0.2) is 24.3 Å². The zero-order valence-electron chi connectivity index (χ0n) is 8.53. The van der Waals surface area contributed by atoms with Crippen LogP contribution in [0, 0.1) is 0 Å². The molecule has 0 spiro atoms. The van der Waals surface area contributed by atoms with Gasteiger partial charge in [-0.05, 0) is 24.3 Å². The number of benzene rings is 1. The monoisotopic (exact) mass is 196 g/mol. The normalized spacial score (nSPS) is 8.71. The number of phenolic OH excluding ortho intramolecular Hbond substituents is 1. The van der Waals surface area contributed by atoms with Gasteiger partial charge in [0.15, 0.2) is 0 Å². The number of rotatable bonds is 2. The van der Waals surface area contributed by atoms with Crippen LogP contribution >= 0.6 is 0 Å². The van der Waals surface area contributed by atoms with Gasteiger partial charge in [-0.25, -0.2) is 4.79 Å². The molecule has 1 aromatic carbocycles. The predicted molar refractivity (Wildman–Crippen MR) is 55.6 cm³/mol. The molecule has 0 aromatic heterocycles. The highest BCUT2D eigenvalue weighted by molar-refractivity contribution is 5.87. The van der Waals surface area contributed by atoms with Gasteiger partial charge in [-0.2, -0.15) is 0 Å². The molecular weight excluding hydrogens is 180 g/mol. The Balaban J connectivity index is 0.000000364. The molecule has 1 rings (SSSR count). The molecule has 3 heteroatoms. The number of hydrogen-bond acceptors (Lipinski definition) is 2. The Morgan fingerprint density at radius 1 is 1.14 bits per heavy atom. The molecule has 0 bridgehead atoms. The first-order valence-corrected chi connectivity index (χ1v) is 4.64. The van der Waals surface area contributed by atoms with Crippen LogP contribution in [0.25, 0.3) is 0 Å². The largest absolute Gasteiger partial charge is 0.508 e. The molecule has 0 aliphatic carbocycles. The average molecular weight is 196 g/mol. The second-order valence-corrected chi connectivity index (χ2v) is 2.85. The highest BCUT2D eigenvalue weighted by Gasteiger charge is 1.99. The fourth-order valence-electron chi connectivity index (χ4n) is 0.604. The lowest BCUT2D eigenvalue weighted by Crippen LogP contribution is -1.93. The third-order valence-electron chi connectivity index (χ3n) is 1.61. The molecule has 0 unspecified atom stereocenters. The summed E-state index contributed by atoms with van der Waals surface area (Å²) in [7, 11) is 0. The third-order valence-corrected chi connectivity index (χ3v) is 1.61. The third kappa shape index (κ3) is 5.19. The zero-order valence-corrected chi connectivity index (χ0v) is 8.53. The van der Waals surface area contributed by atoms with Crippen LogP contribution in [-0.2, 0) is 0 Å². The number of unbranched alkanes of at least 4 members (excludes halogenated alkanes) is 1. The maximum atomic E-state index is 10.2. The zero-order chi connectivity index (χ0) is 11.0. The Bertz CT molecular complexity index is 262. The number of hydrogen-bond donors (Lipinski definition) is 2. The number of carboxylic acids is 1. The molecule has 1 aromatic rings. The van der Waals surface area contributed by atoms with E-state index < -0.39 is 5.97 Å². The minimum Gasteiger partial charge on any atom is -0.508 e. The van der Waals surface area contributed by atoms with Gasteiger partial charge in [0.25, 0.3) is 0 Å². The lowest BCUT2D eigenvalue weighted by atomic mass is 10.2. The van der Waals surface area contributed by atoms with E-state index in [1.165, 1.54) is 37.1 Å². The van der Waals surface area contributed by atoms with Gasteiger partial charge in [-0.1, -0.05) is 26.7 Å². The van der Waals surface area contributed by atoms with Crippen LogP contribution in [0.2, 0.25) is 0 Å². The summed E-state index contributed by atoms with van der Waals surface area (Å²) in [4.78, 5) is 10.2. The fourth-order valence-corrected chi connectivity index (χ4v) is 0.604. The Morgan fingerprint density at radius 3 is 1.86 bits per heavy atom. The minimum atomic E-state index is -0.986. The molecule has 0 atom stereocenters. The molecule has 0 saturated carbocycles. The summed E-state index contributed by atoms with van der Waals surface area (Å²) in [5.41, 5.74) is 0.179. The molecule has 2 N–H and O–H groups in total. The van der Waals surface area contributed by atoms with Crippen molar-refractivity contribution in [2.75, 3.05) is 0 Å². The summed E-state index contributed by atoms with van der Waals surface area (Å²) >= 11 is 0. The first-order chi connectivity index (χ1) is 6.61. The van der Waals surface area contributed by atoms with Gasteiger partial charge >= 0.3 is 5.97 Å². The Morgan fingerprint density at radius 2 is 1.57 bits per heavy atom. The fraction of sp³-hybridized carbons (Fsp3) is 0.364. The second kappa shape index (κ2) is 6.95. The smallest absolute Gasteiger partial charge is 0.335 e. The number of aromatic carboxylic acids is 1. The number of carboxylic acid groups (broad SMARTS) is 1. The number of aromatic hydroxyl groups is 1. The quantitative estimate of drug-likeness (QED) is 0.764. The van der Waals surface area contributed by atoms with Crippen molar-refractivity contribution in [1.82, 2.24) is 0 Å². The molecule has 78 valence electrons. The summed E-state index contributed by atoms with van der Waals surface area (Å²) in [5.74, 6) is -0.912. The van der Waals surface area contributed by atoms with Crippen molar-refractivity contribution in [3.8, 4) is 5.75 Å². The van der Waals surface area contributed by atoms with Crippen LogP contribution in [-0.4, -0.2) is 16.2 Å². The summed E-state index contributed by atoms with van der Waals surface area (Å²) in [6.07, 6.45) is 2.64. The average Bonchev–Trinajstić information content (AvgIpc) is 2.19. The number of carbonyl (C=O) groups is 1. The van der Waals surface area contributed by atoms with Crippen molar-refractivity contribution in [1.29, 1.82) is 0 Å². The number of phenols is 1. The molecule has 0 fully saturated rings. The molecule has 0 saturated heterocycles. The first kappa shape index (κ1) is 12.5. The Kier molecular flexibility index (Phi) is 6.20. The van der Waals surface area contributed by atoms with Gasteiger partial charge in [0.1, 0.15) is 5.75 Å². The first-order valence-electron chi connectivity index (χ1n) is 4.64. The standard InChI is InChI=1S/C7H6O3.C4H10/c8-6-3-1-5(2-4-6)7(9)10;1-3-4-2/h1-4,8H,(H,9,10);3-4H2,1-2H3. The molecule has 0 aliphatic rings. The SMILES string of the molecule is CCCC.O=C(O)c1ccc(O)cc1. The van der Waals surface area contributed by atoms with Gasteiger partial charge in [-0.3, -0.25) is 0 Å². The summed E-state index contributed by atoms with van der Waals surface area (Å²) in [5, 5.41) is 17.1. The van der Waals surface area contributed by atoms with E-state index in [0.29, 0.717) is 0 Å². The lowest BCUT2D eigenvalue weighted by Gasteiger charge is -1.92. The molecular formula is C11H16O3. The van der Waals surface area contributed by atoms with Gasteiger partial charge < -0.3 is 10.2 Å². The van der Waals surface area contributed by atoms with Crippen molar-refractivity contribution < 1.29 is 15.0 Å². The Hall–Kier alpha value is -1.51. The molecule has 0 heterocycles. The van der Waals surface area contributed by atoms with E-state index >= 15 is 0 Å². The maximum absolute atomic E-state index is 10.2. The van der Waals surface area contributed by atoms with Crippen molar-refractivity contribution >= 4 is 5.97 Å². The van der Waals surface area contributed by atoms with Crippen molar-refractivity contribution in [2.24, 2.45) is 0 Å². The van der Waals surface area contributed by atoms with Crippen LogP contribution in [0.1, 0.15) is 37.0 Å². The van der Waals surface area contributed by atoms with E-state index in [1.807, 2.05) is 0 Å². The van der Waals surface area contributed by atoms with E-state index in [1.54, 1.807) is 0 Å². The van der Waals surface area contributed by atoms with Crippen LogP contribution in [0.5, 0.6) is 5.75 Å². The molecule has 0 radical (unpaired) electrons. The Labute approximate surface area is 84.0 Å². The van der Waals surface area contributed by atoms with Crippen LogP contribution < -0.4 is 0 Å². The molecule has 14 heavy (non-hydrogen) atoms. The van der Waals surface area contributed by atoms with Gasteiger partial charge in [0.05, 0.1) is 5.56 Å². The van der Waals surface area contributed by atoms with Crippen LogP contribution in [0.3, 0.4) is 0 Å². The van der Waals surface area contributed by atoms with Crippen molar-refractivity contribution in [2.45, 2.75) is 26.7 Å². The van der Waals surface area contributed by atoms with Gasteiger partial charge in [0.2, 0.25) is 0 Å². The summed E-state index contributed by atoms with van der Waals surface area (Å²) < 4.78 is 0. The molecule has 0 aliphatic heterocycles. The lowest BCUT2D eigenvalue weighted by molar-refractivity contribution is 0.0697. The molecule has 3 nitrogen and oxygen atoms in total.